The third-order valence-corrected chi connectivity index (χ3v) is 3.46. The molecule has 3 heteroatoms. The molecule has 100 valence electrons. The van der Waals surface area contributed by atoms with E-state index in [1.165, 1.54) is 11.1 Å². The molecule has 2 rings (SSSR count). The van der Waals surface area contributed by atoms with Crippen molar-refractivity contribution in [3.63, 3.8) is 0 Å². The lowest BCUT2D eigenvalue weighted by molar-refractivity contribution is -0.133. The average molecular weight is 249 g/mol. The van der Waals surface area contributed by atoms with Crippen molar-refractivity contribution in [3.8, 4) is 0 Å². The first-order valence-corrected chi connectivity index (χ1v) is 6.67. The zero-order valence-corrected chi connectivity index (χ0v) is 11.5. The Morgan fingerprint density at radius 3 is 2.28 bits per heavy atom. The van der Waals surface area contributed by atoms with Crippen molar-refractivity contribution in [2.45, 2.75) is 31.9 Å². The van der Waals surface area contributed by atoms with E-state index < -0.39 is 0 Å². The number of ether oxygens (including phenoxy) is 2. The number of nitrogens with one attached hydrogen (secondary N) is 1. The zero-order chi connectivity index (χ0) is 13.0. The van der Waals surface area contributed by atoms with Crippen LogP contribution in [0.5, 0.6) is 0 Å². The molecule has 0 amide bonds. The number of benzene rings is 1. The largest absolute Gasteiger partial charge is 0.376 e. The Morgan fingerprint density at radius 2 is 1.83 bits per heavy atom. The van der Waals surface area contributed by atoms with E-state index in [0.717, 1.165) is 13.2 Å². The molecule has 3 nitrogen and oxygen atoms in total. The Hall–Kier alpha value is -0.900. The normalized spacial score (nSPS) is 17.8. The van der Waals surface area contributed by atoms with E-state index >= 15 is 0 Å². The van der Waals surface area contributed by atoms with Crippen LogP contribution in [-0.4, -0.2) is 33.0 Å². The predicted octanol–water partition coefficient (Wildman–Crippen LogP) is 2.49. The topological polar surface area (TPSA) is 30.5 Å². The minimum atomic E-state index is 0.256. The van der Waals surface area contributed by atoms with Crippen LogP contribution in [0.3, 0.4) is 0 Å². The predicted molar refractivity (Wildman–Crippen MR) is 72.9 cm³/mol. The van der Waals surface area contributed by atoms with Gasteiger partial charge in [0.1, 0.15) is 6.10 Å². The van der Waals surface area contributed by atoms with Gasteiger partial charge >= 0.3 is 0 Å². The summed E-state index contributed by atoms with van der Waals surface area (Å²) in [5, 5.41) is 3.30. The van der Waals surface area contributed by atoms with E-state index in [4.69, 9.17) is 9.47 Å². The molecule has 1 N–H and O–H groups in total. The Morgan fingerprint density at radius 1 is 1.22 bits per heavy atom. The van der Waals surface area contributed by atoms with Crippen LogP contribution in [0.1, 0.15) is 36.9 Å². The fourth-order valence-corrected chi connectivity index (χ4v) is 2.00. The molecule has 1 aromatic rings. The quantitative estimate of drug-likeness (QED) is 0.840. The molecule has 0 bridgehead atoms. The van der Waals surface area contributed by atoms with Gasteiger partial charge in [-0.05, 0) is 24.1 Å². The van der Waals surface area contributed by atoms with E-state index in [1.807, 2.05) is 7.05 Å². The van der Waals surface area contributed by atoms with E-state index in [0.29, 0.717) is 12.5 Å². The van der Waals surface area contributed by atoms with Crippen molar-refractivity contribution in [2.24, 2.45) is 0 Å². The Kier molecular flexibility index (Phi) is 4.75. The number of rotatable bonds is 6. The molecule has 0 aromatic heterocycles. The van der Waals surface area contributed by atoms with Gasteiger partial charge in [0, 0.05) is 0 Å². The van der Waals surface area contributed by atoms with E-state index in [-0.39, 0.29) is 12.1 Å². The summed E-state index contributed by atoms with van der Waals surface area (Å²) >= 11 is 0. The first-order chi connectivity index (χ1) is 8.70. The number of hydrogen-bond acceptors (Lipinski definition) is 3. The molecule has 1 saturated heterocycles. The number of hydrogen-bond donors (Lipinski definition) is 1. The van der Waals surface area contributed by atoms with Crippen molar-refractivity contribution in [1.29, 1.82) is 0 Å². The highest BCUT2D eigenvalue weighted by Gasteiger charge is 2.20. The Balaban J connectivity index is 1.93. The van der Waals surface area contributed by atoms with Gasteiger partial charge in [0.15, 0.2) is 0 Å². The van der Waals surface area contributed by atoms with Crippen LogP contribution in [0.4, 0.5) is 0 Å². The van der Waals surface area contributed by atoms with Gasteiger partial charge in [-0.2, -0.15) is 0 Å². The van der Waals surface area contributed by atoms with Crippen molar-refractivity contribution in [2.75, 3.05) is 26.9 Å². The minimum absolute atomic E-state index is 0.256. The third-order valence-electron chi connectivity index (χ3n) is 3.46. The van der Waals surface area contributed by atoms with Crippen LogP contribution >= 0.6 is 0 Å². The van der Waals surface area contributed by atoms with E-state index in [9.17, 15) is 0 Å². The minimum Gasteiger partial charge on any atom is -0.376 e. The summed E-state index contributed by atoms with van der Waals surface area (Å²) in [6.07, 6.45) is 0.288. The maximum atomic E-state index is 5.78. The molecule has 1 atom stereocenters. The zero-order valence-electron chi connectivity index (χ0n) is 11.5. The van der Waals surface area contributed by atoms with Crippen LogP contribution in [-0.2, 0) is 9.47 Å². The van der Waals surface area contributed by atoms with Gasteiger partial charge in [-0.1, -0.05) is 38.1 Å². The van der Waals surface area contributed by atoms with Gasteiger partial charge in [-0.3, -0.25) is 0 Å². The molecule has 1 aromatic carbocycles. The summed E-state index contributed by atoms with van der Waals surface area (Å²) in [5.74, 6) is 0.579. The second-order valence-corrected chi connectivity index (χ2v) is 5.16. The molecular weight excluding hydrogens is 226 g/mol. The van der Waals surface area contributed by atoms with Gasteiger partial charge in [0.2, 0.25) is 0 Å². The molecule has 1 fully saturated rings. The molecule has 18 heavy (non-hydrogen) atoms. The first-order valence-electron chi connectivity index (χ1n) is 6.67. The van der Waals surface area contributed by atoms with Crippen molar-refractivity contribution in [3.05, 3.63) is 35.4 Å². The van der Waals surface area contributed by atoms with Gasteiger partial charge in [0.25, 0.3) is 0 Å². The van der Waals surface area contributed by atoms with Gasteiger partial charge in [0.05, 0.1) is 25.9 Å². The highest BCUT2D eigenvalue weighted by molar-refractivity contribution is 5.26. The lowest BCUT2D eigenvalue weighted by atomic mass is 9.99. The van der Waals surface area contributed by atoms with Crippen LogP contribution < -0.4 is 5.32 Å². The first kappa shape index (κ1) is 13.5. The maximum absolute atomic E-state index is 5.78. The Labute approximate surface area is 109 Å². The van der Waals surface area contributed by atoms with Crippen molar-refractivity contribution < 1.29 is 9.47 Å². The second kappa shape index (κ2) is 6.32. The summed E-state index contributed by atoms with van der Waals surface area (Å²) in [4.78, 5) is 0. The summed E-state index contributed by atoms with van der Waals surface area (Å²) in [7, 11) is 1.97. The van der Waals surface area contributed by atoms with Crippen LogP contribution in [0, 0.1) is 0 Å². The van der Waals surface area contributed by atoms with Gasteiger partial charge in [-0.25, -0.2) is 0 Å². The highest BCUT2D eigenvalue weighted by Crippen LogP contribution is 2.19. The lowest BCUT2D eigenvalue weighted by Crippen LogP contribution is -2.38. The fourth-order valence-electron chi connectivity index (χ4n) is 2.00. The third kappa shape index (κ3) is 3.31. The summed E-state index contributed by atoms with van der Waals surface area (Å²) in [6.45, 7) is 6.60. The number of likely N-dealkylation sites (N-methyl/N-ethyl adjacent to an activating group) is 1. The van der Waals surface area contributed by atoms with Gasteiger partial charge < -0.3 is 14.8 Å². The smallest absolute Gasteiger partial charge is 0.104 e. The molecule has 0 spiro atoms. The molecule has 1 aliphatic heterocycles. The highest BCUT2D eigenvalue weighted by atomic mass is 16.6. The van der Waals surface area contributed by atoms with Crippen LogP contribution in [0.2, 0.25) is 0 Å². The summed E-state index contributed by atoms with van der Waals surface area (Å²) < 4.78 is 10.9. The van der Waals surface area contributed by atoms with Crippen LogP contribution in [0.15, 0.2) is 24.3 Å². The molecule has 1 unspecified atom stereocenters. The second-order valence-electron chi connectivity index (χ2n) is 5.16. The average Bonchev–Trinajstić information content (AvgIpc) is 2.32. The van der Waals surface area contributed by atoms with E-state index in [1.54, 1.807) is 0 Å². The summed E-state index contributed by atoms with van der Waals surface area (Å²) in [6, 6.07) is 9.05. The molecule has 1 aliphatic rings. The monoisotopic (exact) mass is 249 g/mol. The molecular formula is C15H23NO2. The maximum Gasteiger partial charge on any atom is 0.104 e. The van der Waals surface area contributed by atoms with Crippen molar-refractivity contribution >= 4 is 0 Å². The molecule has 1 heterocycles. The van der Waals surface area contributed by atoms with Crippen molar-refractivity contribution in [1.82, 2.24) is 5.32 Å². The SMILES string of the molecule is CNC(COC1COC1)c1ccc(C(C)C)cc1. The van der Waals surface area contributed by atoms with E-state index in [2.05, 4.69) is 43.4 Å². The lowest BCUT2D eigenvalue weighted by Gasteiger charge is -2.28. The fraction of sp³-hybridized carbons (Fsp3) is 0.600. The van der Waals surface area contributed by atoms with Gasteiger partial charge in [-0.15, -0.1) is 0 Å². The van der Waals surface area contributed by atoms with Crippen LogP contribution in [0.25, 0.3) is 0 Å². The Bertz CT molecular complexity index is 357. The standard InChI is InChI=1S/C15H23NO2/c1-11(2)12-4-6-13(7-5-12)15(16-3)10-18-14-8-17-9-14/h4-7,11,14-16H,8-10H2,1-3H3. The summed E-state index contributed by atoms with van der Waals surface area (Å²) in [5.41, 5.74) is 2.66. The molecule has 0 saturated carbocycles. The molecule has 0 aliphatic carbocycles. The molecule has 0 radical (unpaired) electrons.